The topological polar surface area (TPSA) is 50.6 Å². The summed E-state index contributed by atoms with van der Waals surface area (Å²) in [4.78, 5) is 16.8. The number of carbonyl (C=O) groups excluding carboxylic acids is 1. The van der Waals surface area contributed by atoms with Crippen LogP contribution in [0.15, 0.2) is 6.20 Å². The number of hydrogen-bond acceptors (Lipinski definition) is 4. The molecule has 1 aromatic heterocycles. The van der Waals surface area contributed by atoms with Crippen LogP contribution in [0.4, 0.5) is 0 Å². The molecule has 104 valence electrons. The Hall–Kier alpha value is -1.56. The van der Waals surface area contributed by atoms with Crippen LogP contribution in [-0.2, 0) is 7.05 Å². The SMILES string of the molecule is COc1nn(C)cc1C(=O)N1CC2CN(C)CC2C1. The summed E-state index contributed by atoms with van der Waals surface area (Å²) >= 11 is 0. The van der Waals surface area contributed by atoms with E-state index in [1.165, 1.54) is 0 Å². The summed E-state index contributed by atoms with van der Waals surface area (Å²) in [6, 6.07) is 0. The van der Waals surface area contributed by atoms with Crippen LogP contribution in [0.25, 0.3) is 0 Å². The Balaban J connectivity index is 1.75. The van der Waals surface area contributed by atoms with E-state index in [2.05, 4.69) is 17.0 Å². The molecule has 0 bridgehead atoms. The average Bonchev–Trinajstić information content (AvgIpc) is 3.00. The van der Waals surface area contributed by atoms with Crippen molar-refractivity contribution in [2.24, 2.45) is 18.9 Å². The van der Waals surface area contributed by atoms with E-state index in [0.29, 0.717) is 23.3 Å². The Morgan fingerprint density at radius 3 is 2.47 bits per heavy atom. The fourth-order valence-corrected chi connectivity index (χ4v) is 3.33. The molecule has 2 atom stereocenters. The Morgan fingerprint density at radius 1 is 1.26 bits per heavy atom. The first-order valence-corrected chi connectivity index (χ1v) is 6.64. The molecule has 3 rings (SSSR count). The number of aromatic nitrogens is 2. The average molecular weight is 264 g/mol. The van der Waals surface area contributed by atoms with Crippen LogP contribution in [0, 0.1) is 11.8 Å². The molecule has 1 aromatic rings. The molecule has 2 unspecified atom stereocenters. The predicted octanol–water partition coefficient (Wildman–Crippen LogP) is 0.0623. The largest absolute Gasteiger partial charge is 0.479 e. The van der Waals surface area contributed by atoms with E-state index >= 15 is 0 Å². The standard InChI is InChI=1S/C13H20N4O2/c1-15-4-9-6-17(7-10(9)5-15)13(18)11-8-16(2)14-12(11)19-3/h8-10H,4-7H2,1-3H3. The molecular formula is C13H20N4O2. The van der Waals surface area contributed by atoms with Gasteiger partial charge in [-0.15, -0.1) is 5.10 Å². The van der Waals surface area contributed by atoms with E-state index in [4.69, 9.17) is 4.74 Å². The van der Waals surface area contributed by atoms with Crippen LogP contribution in [0.5, 0.6) is 5.88 Å². The lowest BCUT2D eigenvalue weighted by atomic mass is 10.0. The van der Waals surface area contributed by atoms with Gasteiger partial charge in [-0.25, -0.2) is 0 Å². The zero-order valence-electron chi connectivity index (χ0n) is 11.7. The molecule has 0 N–H and O–H groups in total. The van der Waals surface area contributed by atoms with Gasteiger partial charge in [0.15, 0.2) is 0 Å². The van der Waals surface area contributed by atoms with Gasteiger partial charge in [-0.2, -0.15) is 0 Å². The molecule has 0 saturated carbocycles. The lowest BCUT2D eigenvalue weighted by Crippen LogP contribution is -2.32. The molecule has 6 nitrogen and oxygen atoms in total. The van der Waals surface area contributed by atoms with Crippen LogP contribution in [-0.4, -0.2) is 65.8 Å². The maximum absolute atomic E-state index is 12.5. The lowest BCUT2D eigenvalue weighted by Gasteiger charge is -2.18. The second-order valence-electron chi connectivity index (χ2n) is 5.68. The normalized spacial score (nSPS) is 26.8. The minimum atomic E-state index is 0.0435. The predicted molar refractivity (Wildman–Crippen MR) is 70.1 cm³/mol. The van der Waals surface area contributed by atoms with Gasteiger partial charge in [0.1, 0.15) is 5.56 Å². The van der Waals surface area contributed by atoms with Crippen LogP contribution in [0.1, 0.15) is 10.4 Å². The third-order valence-electron chi connectivity index (χ3n) is 4.17. The third-order valence-corrected chi connectivity index (χ3v) is 4.17. The van der Waals surface area contributed by atoms with E-state index < -0.39 is 0 Å². The minimum absolute atomic E-state index is 0.0435. The molecule has 0 aliphatic carbocycles. The minimum Gasteiger partial charge on any atom is -0.479 e. The first kappa shape index (κ1) is 12.5. The molecule has 1 amide bonds. The van der Waals surface area contributed by atoms with E-state index in [-0.39, 0.29) is 5.91 Å². The van der Waals surface area contributed by atoms with Gasteiger partial charge in [-0.1, -0.05) is 0 Å². The van der Waals surface area contributed by atoms with E-state index in [1.54, 1.807) is 25.0 Å². The molecule has 0 aromatic carbocycles. The van der Waals surface area contributed by atoms with Crippen molar-refractivity contribution in [3.63, 3.8) is 0 Å². The van der Waals surface area contributed by atoms with Gasteiger partial charge in [-0.3, -0.25) is 9.48 Å². The number of rotatable bonds is 2. The highest BCUT2D eigenvalue weighted by atomic mass is 16.5. The van der Waals surface area contributed by atoms with Gasteiger partial charge < -0.3 is 14.5 Å². The number of hydrogen-bond donors (Lipinski definition) is 0. The molecule has 6 heteroatoms. The smallest absolute Gasteiger partial charge is 0.260 e. The van der Waals surface area contributed by atoms with Crippen molar-refractivity contribution in [2.75, 3.05) is 40.3 Å². The molecule has 2 aliphatic rings. The van der Waals surface area contributed by atoms with Gasteiger partial charge >= 0.3 is 0 Å². The number of likely N-dealkylation sites (tertiary alicyclic amines) is 2. The second kappa shape index (κ2) is 4.52. The van der Waals surface area contributed by atoms with Crippen molar-refractivity contribution in [3.8, 4) is 5.88 Å². The Morgan fingerprint density at radius 2 is 1.89 bits per heavy atom. The number of aryl methyl sites for hydroxylation is 1. The summed E-state index contributed by atoms with van der Waals surface area (Å²) in [7, 11) is 5.49. The van der Waals surface area contributed by atoms with Crippen molar-refractivity contribution >= 4 is 5.91 Å². The third kappa shape index (κ3) is 2.10. The van der Waals surface area contributed by atoms with Gasteiger partial charge in [0, 0.05) is 39.4 Å². The number of amides is 1. The summed E-state index contributed by atoms with van der Waals surface area (Å²) in [6.45, 7) is 3.90. The summed E-state index contributed by atoms with van der Waals surface area (Å²) < 4.78 is 6.79. The van der Waals surface area contributed by atoms with Crippen molar-refractivity contribution in [2.45, 2.75) is 0 Å². The number of fused-ring (bicyclic) bond motifs is 1. The Bertz CT molecular complexity index is 485. The number of nitrogens with zero attached hydrogens (tertiary/aromatic N) is 4. The summed E-state index contributed by atoms with van der Waals surface area (Å²) in [5.41, 5.74) is 0.568. The molecule has 0 spiro atoms. The second-order valence-corrected chi connectivity index (χ2v) is 5.68. The fraction of sp³-hybridized carbons (Fsp3) is 0.692. The van der Waals surface area contributed by atoms with E-state index in [1.807, 2.05) is 4.90 Å². The summed E-state index contributed by atoms with van der Waals surface area (Å²) in [5, 5.41) is 4.14. The molecule has 3 heterocycles. The van der Waals surface area contributed by atoms with Crippen LogP contribution in [0.2, 0.25) is 0 Å². The van der Waals surface area contributed by atoms with Gasteiger partial charge in [0.2, 0.25) is 5.88 Å². The molecule has 2 aliphatic heterocycles. The van der Waals surface area contributed by atoms with Crippen LogP contribution >= 0.6 is 0 Å². The zero-order chi connectivity index (χ0) is 13.6. The highest BCUT2D eigenvalue weighted by Gasteiger charge is 2.41. The monoisotopic (exact) mass is 264 g/mol. The Kier molecular flexibility index (Phi) is 2.97. The van der Waals surface area contributed by atoms with Crippen molar-refractivity contribution in [1.29, 1.82) is 0 Å². The molecule has 0 radical (unpaired) electrons. The van der Waals surface area contributed by atoms with Crippen LogP contribution in [0.3, 0.4) is 0 Å². The van der Waals surface area contributed by atoms with E-state index in [9.17, 15) is 4.79 Å². The van der Waals surface area contributed by atoms with Crippen molar-refractivity contribution in [1.82, 2.24) is 19.6 Å². The summed E-state index contributed by atoms with van der Waals surface area (Å²) in [5.74, 6) is 1.71. The first-order chi connectivity index (χ1) is 9.08. The lowest BCUT2D eigenvalue weighted by molar-refractivity contribution is 0.0772. The van der Waals surface area contributed by atoms with Crippen molar-refractivity contribution < 1.29 is 9.53 Å². The fourth-order valence-electron chi connectivity index (χ4n) is 3.33. The van der Waals surface area contributed by atoms with E-state index in [0.717, 1.165) is 26.2 Å². The maximum Gasteiger partial charge on any atom is 0.260 e. The van der Waals surface area contributed by atoms with Gasteiger partial charge in [-0.05, 0) is 18.9 Å². The quantitative estimate of drug-likeness (QED) is 0.758. The number of carbonyl (C=O) groups is 1. The molecule has 2 saturated heterocycles. The maximum atomic E-state index is 12.5. The van der Waals surface area contributed by atoms with Crippen molar-refractivity contribution in [3.05, 3.63) is 11.8 Å². The molecular weight excluding hydrogens is 244 g/mol. The number of ether oxygens (including phenoxy) is 1. The highest BCUT2D eigenvalue weighted by Crippen LogP contribution is 2.31. The number of methoxy groups -OCH3 is 1. The first-order valence-electron chi connectivity index (χ1n) is 6.64. The van der Waals surface area contributed by atoms with Gasteiger partial charge in [0.25, 0.3) is 5.91 Å². The Labute approximate surface area is 112 Å². The van der Waals surface area contributed by atoms with Crippen LogP contribution < -0.4 is 4.74 Å². The summed E-state index contributed by atoms with van der Waals surface area (Å²) in [6.07, 6.45) is 1.74. The molecule has 2 fully saturated rings. The zero-order valence-corrected chi connectivity index (χ0v) is 11.7. The molecule has 19 heavy (non-hydrogen) atoms. The highest BCUT2D eigenvalue weighted by molar-refractivity contribution is 5.96. The van der Waals surface area contributed by atoms with Gasteiger partial charge in [0.05, 0.1) is 7.11 Å².